The van der Waals surface area contributed by atoms with Gasteiger partial charge in [0.05, 0.1) is 22.6 Å². The van der Waals surface area contributed by atoms with Gasteiger partial charge in [-0.05, 0) is 31.4 Å². The monoisotopic (exact) mass is 339 g/mol. The van der Waals surface area contributed by atoms with Crippen molar-refractivity contribution in [3.63, 3.8) is 0 Å². The molecule has 25 heavy (non-hydrogen) atoms. The zero-order chi connectivity index (χ0) is 17.4. The Kier molecular flexibility index (Phi) is 3.92. The number of para-hydroxylation sites is 1. The summed E-state index contributed by atoms with van der Waals surface area (Å²) in [4.78, 5) is 31.7. The molecule has 1 spiro atoms. The van der Waals surface area contributed by atoms with Crippen LogP contribution in [0.1, 0.15) is 29.6 Å². The molecule has 4 rings (SSSR count). The SMILES string of the molecule is O=C(c1cccc2cccnc12)N1CC[C@H](O)[C@@]2(CCCNC2=O)C1. The minimum Gasteiger partial charge on any atom is -0.392 e. The minimum absolute atomic E-state index is 0.131. The third kappa shape index (κ3) is 2.57. The number of benzene rings is 1. The van der Waals surface area contributed by atoms with Gasteiger partial charge in [0.25, 0.3) is 5.91 Å². The van der Waals surface area contributed by atoms with E-state index >= 15 is 0 Å². The van der Waals surface area contributed by atoms with E-state index in [-0.39, 0.29) is 18.4 Å². The van der Waals surface area contributed by atoms with E-state index in [1.807, 2.05) is 24.3 Å². The first kappa shape index (κ1) is 16.0. The molecule has 3 heterocycles. The van der Waals surface area contributed by atoms with Crippen molar-refractivity contribution in [1.82, 2.24) is 15.2 Å². The number of nitrogens with zero attached hydrogens (tertiary/aromatic N) is 2. The maximum Gasteiger partial charge on any atom is 0.256 e. The predicted octanol–water partition coefficient (Wildman–Crippen LogP) is 1.34. The van der Waals surface area contributed by atoms with Gasteiger partial charge in [0.2, 0.25) is 5.91 Å². The van der Waals surface area contributed by atoms with Crippen molar-refractivity contribution in [3.8, 4) is 0 Å². The molecular formula is C19H21N3O3. The van der Waals surface area contributed by atoms with Crippen LogP contribution in [0.25, 0.3) is 10.9 Å². The summed E-state index contributed by atoms with van der Waals surface area (Å²) < 4.78 is 0. The Balaban J connectivity index is 1.67. The number of piperidine rings is 2. The third-order valence-corrected chi connectivity index (χ3v) is 5.47. The summed E-state index contributed by atoms with van der Waals surface area (Å²) in [5.41, 5.74) is 0.327. The van der Waals surface area contributed by atoms with Crippen LogP contribution in [-0.2, 0) is 4.79 Å². The Morgan fingerprint density at radius 3 is 3.00 bits per heavy atom. The van der Waals surface area contributed by atoms with Crippen molar-refractivity contribution in [2.45, 2.75) is 25.4 Å². The molecule has 0 saturated carbocycles. The fraction of sp³-hybridized carbons (Fsp3) is 0.421. The summed E-state index contributed by atoms with van der Waals surface area (Å²) in [6.45, 7) is 1.33. The Hall–Kier alpha value is -2.47. The molecule has 2 saturated heterocycles. The zero-order valence-electron chi connectivity index (χ0n) is 13.9. The molecule has 6 nitrogen and oxygen atoms in total. The number of aliphatic hydroxyl groups excluding tert-OH is 1. The summed E-state index contributed by atoms with van der Waals surface area (Å²) in [5.74, 6) is -0.270. The van der Waals surface area contributed by atoms with Crippen molar-refractivity contribution in [2.24, 2.45) is 5.41 Å². The fourth-order valence-corrected chi connectivity index (χ4v) is 4.06. The standard InChI is InChI=1S/C19H21N3O3/c23-15-7-11-22(12-19(15)8-3-10-21-18(19)25)17(24)14-6-1-4-13-5-2-9-20-16(13)14/h1-2,4-6,9,15,23H,3,7-8,10-12H2,(H,21,25)/t15-,19+/m0/s1. The predicted molar refractivity (Wildman–Crippen MR) is 92.9 cm³/mol. The highest BCUT2D eigenvalue weighted by Crippen LogP contribution is 2.38. The molecule has 1 aromatic heterocycles. The molecular weight excluding hydrogens is 318 g/mol. The first-order chi connectivity index (χ1) is 12.1. The van der Waals surface area contributed by atoms with Crippen molar-refractivity contribution >= 4 is 22.7 Å². The quantitative estimate of drug-likeness (QED) is 0.821. The Labute approximate surface area is 145 Å². The summed E-state index contributed by atoms with van der Waals surface area (Å²) in [7, 11) is 0. The molecule has 2 N–H and O–H groups in total. The number of nitrogens with one attached hydrogen (secondary N) is 1. The van der Waals surface area contributed by atoms with Gasteiger partial charge >= 0.3 is 0 Å². The number of aromatic nitrogens is 1. The van der Waals surface area contributed by atoms with Gasteiger partial charge in [-0.25, -0.2) is 0 Å². The van der Waals surface area contributed by atoms with Crippen LogP contribution >= 0.6 is 0 Å². The van der Waals surface area contributed by atoms with Crippen molar-refractivity contribution in [2.75, 3.05) is 19.6 Å². The summed E-state index contributed by atoms with van der Waals surface area (Å²) in [5, 5.41) is 14.3. The number of carbonyl (C=O) groups is 2. The molecule has 2 aliphatic heterocycles. The van der Waals surface area contributed by atoms with Gasteiger partial charge in [0, 0.05) is 31.2 Å². The maximum atomic E-state index is 13.1. The van der Waals surface area contributed by atoms with Crippen molar-refractivity contribution in [1.29, 1.82) is 0 Å². The molecule has 2 atom stereocenters. The molecule has 130 valence electrons. The smallest absolute Gasteiger partial charge is 0.256 e. The molecule has 0 aliphatic carbocycles. The number of carbonyl (C=O) groups excluding carboxylic acids is 2. The second kappa shape index (κ2) is 6.11. The van der Waals surface area contributed by atoms with Gasteiger partial charge in [0.1, 0.15) is 0 Å². The number of likely N-dealkylation sites (tertiary alicyclic amines) is 1. The lowest BCUT2D eigenvalue weighted by Crippen LogP contribution is -2.62. The van der Waals surface area contributed by atoms with Gasteiger partial charge in [-0.15, -0.1) is 0 Å². The van der Waals surface area contributed by atoms with E-state index in [0.717, 1.165) is 11.8 Å². The van der Waals surface area contributed by atoms with E-state index in [0.29, 0.717) is 37.0 Å². The Bertz CT molecular complexity index is 832. The van der Waals surface area contributed by atoms with Crippen molar-refractivity contribution in [3.05, 3.63) is 42.1 Å². The Morgan fingerprint density at radius 1 is 1.32 bits per heavy atom. The van der Waals surface area contributed by atoms with Crippen molar-refractivity contribution < 1.29 is 14.7 Å². The van der Waals surface area contributed by atoms with Crippen LogP contribution in [0.15, 0.2) is 36.5 Å². The summed E-state index contributed by atoms with van der Waals surface area (Å²) in [6.07, 6.45) is 2.81. The van der Waals surface area contributed by atoms with Gasteiger partial charge in [-0.2, -0.15) is 0 Å². The minimum atomic E-state index is -0.885. The highest BCUT2D eigenvalue weighted by atomic mass is 16.3. The fourth-order valence-electron chi connectivity index (χ4n) is 4.06. The number of amides is 2. The van der Waals surface area contributed by atoms with E-state index in [9.17, 15) is 14.7 Å². The number of fused-ring (bicyclic) bond motifs is 1. The molecule has 0 bridgehead atoms. The molecule has 2 aliphatic rings. The average Bonchev–Trinajstić information content (AvgIpc) is 2.65. The summed E-state index contributed by atoms with van der Waals surface area (Å²) >= 11 is 0. The van der Waals surface area contributed by atoms with Gasteiger partial charge in [-0.3, -0.25) is 14.6 Å². The van der Waals surface area contributed by atoms with E-state index in [1.54, 1.807) is 17.2 Å². The van der Waals surface area contributed by atoms with Gasteiger partial charge in [0.15, 0.2) is 0 Å². The topological polar surface area (TPSA) is 82.5 Å². The van der Waals surface area contributed by atoms with Crippen LogP contribution in [-0.4, -0.2) is 52.5 Å². The lowest BCUT2D eigenvalue weighted by atomic mass is 9.71. The Morgan fingerprint density at radius 2 is 2.16 bits per heavy atom. The lowest BCUT2D eigenvalue weighted by molar-refractivity contribution is -0.147. The first-order valence-electron chi connectivity index (χ1n) is 8.71. The molecule has 2 amide bonds. The summed E-state index contributed by atoms with van der Waals surface area (Å²) in [6, 6.07) is 9.31. The van der Waals surface area contributed by atoms with Gasteiger partial charge in [-0.1, -0.05) is 18.2 Å². The van der Waals surface area contributed by atoms with Crippen LogP contribution in [0.3, 0.4) is 0 Å². The highest BCUT2D eigenvalue weighted by Gasteiger charge is 2.50. The number of pyridine rings is 1. The van der Waals surface area contributed by atoms with E-state index in [1.165, 1.54) is 0 Å². The zero-order valence-corrected chi connectivity index (χ0v) is 13.9. The second-order valence-electron chi connectivity index (χ2n) is 6.93. The molecule has 6 heteroatoms. The normalized spacial score (nSPS) is 26.7. The first-order valence-corrected chi connectivity index (χ1v) is 8.71. The van der Waals surface area contributed by atoms with Crippen LogP contribution < -0.4 is 5.32 Å². The van der Waals surface area contributed by atoms with Crippen LogP contribution in [0, 0.1) is 5.41 Å². The molecule has 0 radical (unpaired) electrons. The van der Waals surface area contributed by atoms with Crippen LogP contribution in [0.4, 0.5) is 0 Å². The molecule has 1 aromatic carbocycles. The number of hydrogen-bond donors (Lipinski definition) is 2. The highest BCUT2D eigenvalue weighted by molar-refractivity contribution is 6.05. The number of rotatable bonds is 1. The second-order valence-corrected chi connectivity index (χ2v) is 6.93. The van der Waals surface area contributed by atoms with Gasteiger partial charge < -0.3 is 15.3 Å². The molecule has 0 unspecified atom stereocenters. The molecule has 2 fully saturated rings. The third-order valence-electron chi connectivity index (χ3n) is 5.47. The number of aliphatic hydroxyl groups is 1. The average molecular weight is 339 g/mol. The molecule has 2 aromatic rings. The number of hydrogen-bond acceptors (Lipinski definition) is 4. The van der Waals surface area contributed by atoms with Crippen LogP contribution in [0.2, 0.25) is 0 Å². The van der Waals surface area contributed by atoms with Crippen LogP contribution in [0.5, 0.6) is 0 Å². The van der Waals surface area contributed by atoms with E-state index in [4.69, 9.17) is 0 Å². The maximum absolute atomic E-state index is 13.1. The van der Waals surface area contributed by atoms with E-state index in [2.05, 4.69) is 10.3 Å². The lowest BCUT2D eigenvalue weighted by Gasteiger charge is -2.46. The van der Waals surface area contributed by atoms with E-state index < -0.39 is 11.5 Å². The largest absolute Gasteiger partial charge is 0.392 e.